The minimum Gasteiger partial charge on any atom is -0.277 e. The van der Waals surface area contributed by atoms with Crippen LogP contribution in [0.15, 0.2) is 146 Å². The molecule has 4 nitrogen and oxygen atoms in total. The smallest absolute Gasteiger partial charge is 0.238 e. The summed E-state index contributed by atoms with van der Waals surface area (Å²) in [4.78, 5) is 15.4. The molecule has 1 aliphatic rings. The van der Waals surface area contributed by atoms with Crippen LogP contribution in [0.5, 0.6) is 0 Å². The van der Waals surface area contributed by atoms with Gasteiger partial charge in [-0.25, -0.2) is 4.98 Å². The summed E-state index contributed by atoms with van der Waals surface area (Å²) < 4.78 is 2.27. The van der Waals surface area contributed by atoms with E-state index in [4.69, 9.17) is 15.0 Å². The molecule has 6 aromatic carbocycles. The molecule has 218 valence electrons. The Balaban J connectivity index is 1.42. The quantitative estimate of drug-likeness (QED) is 0.205. The predicted octanol–water partition coefficient (Wildman–Crippen LogP) is 10.3. The van der Waals surface area contributed by atoms with Gasteiger partial charge in [-0.15, -0.1) is 0 Å². The lowest BCUT2D eigenvalue weighted by atomic mass is 9.82. The van der Waals surface area contributed by atoms with Gasteiger partial charge < -0.3 is 0 Å². The van der Waals surface area contributed by atoms with Gasteiger partial charge in [0.25, 0.3) is 0 Å². The zero-order valence-corrected chi connectivity index (χ0v) is 25.6. The van der Waals surface area contributed by atoms with Crippen molar-refractivity contribution in [1.82, 2.24) is 19.5 Å². The summed E-state index contributed by atoms with van der Waals surface area (Å²) in [6, 6.07) is 51.2. The first-order valence-electron chi connectivity index (χ1n) is 15.7. The first-order chi connectivity index (χ1) is 22.6. The van der Waals surface area contributed by atoms with Gasteiger partial charge in [-0.05, 0) is 39.9 Å². The summed E-state index contributed by atoms with van der Waals surface area (Å²) in [6.07, 6.45) is 0. The molecule has 0 N–H and O–H groups in total. The largest absolute Gasteiger partial charge is 0.277 e. The molecule has 0 fully saturated rings. The van der Waals surface area contributed by atoms with Crippen LogP contribution in [0.1, 0.15) is 25.0 Å². The van der Waals surface area contributed by atoms with E-state index in [9.17, 15) is 0 Å². The van der Waals surface area contributed by atoms with E-state index in [1.165, 1.54) is 44.2 Å². The van der Waals surface area contributed by atoms with Crippen molar-refractivity contribution in [2.45, 2.75) is 19.3 Å². The highest BCUT2D eigenvalue weighted by Gasteiger charge is 2.37. The molecule has 0 bridgehead atoms. The van der Waals surface area contributed by atoms with Crippen molar-refractivity contribution in [3.05, 3.63) is 157 Å². The minimum atomic E-state index is -0.139. The van der Waals surface area contributed by atoms with Gasteiger partial charge in [-0.2, -0.15) is 9.97 Å². The van der Waals surface area contributed by atoms with Crippen LogP contribution in [0, 0.1) is 0 Å². The molecule has 0 saturated carbocycles. The lowest BCUT2D eigenvalue weighted by Gasteiger charge is -2.21. The van der Waals surface area contributed by atoms with Gasteiger partial charge in [0.2, 0.25) is 5.95 Å². The third kappa shape index (κ3) is 3.97. The molecule has 0 radical (unpaired) electrons. The Morgan fingerprint density at radius 2 is 1.07 bits per heavy atom. The van der Waals surface area contributed by atoms with Crippen molar-refractivity contribution < 1.29 is 0 Å². The zero-order chi connectivity index (χ0) is 30.8. The Hall–Kier alpha value is -5.87. The number of nitrogens with zero attached hydrogens (tertiary/aromatic N) is 4. The van der Waals surface area contributed by atoms with Gasteiger partial charge >= 0.3 is 0 Å². The third-order valence-corrected chi connectivity index (χ3v) is 9.47. The highest BCUT2D eigenvalue weighted by atomic mass is 15.2. The van der Waals surface area contributed by atoms with Crippen molar-refractivity contribution in [3.8, 4) is 51.0 Å². The second-order valence-electron chi connectivity index (χ2n) is 12.5. The fourth-order valence-corrected chi connectivity index (χ4v) is 7.21. The molecule has 0 saturated heterocycles. The van der Waals surface area contributed by atoms with Crippen LogP contribution in [0.3, 0.4) is 0 Å². The molecule has 0 aliphatic heterocycles. The van der Waals surface area contributed by atoms with E-state index in [-0.39, 0.29) is 5.41 Å². The molecule has 8 aromatic rings. The van der Waals surface area contributed by atoms with Crippen molar-refractivity contribution in [1.29, 1.82) is 0 Å². The Kier molecular flexibility index (Phi) is 5.81. The summed E-state index contributed by atoms with van der Waals surface area (Å²) >= 11 is 0. The van der Waals surface area contributed by atoms with Crippen LogP contribution >= 0.6 is 0 Å². The van der Waals surface area contributed by atoms with Crippen LogP contribution in [0.2, 0.25) is 0 Å². The SMILES string of the molecule is CC1(C)c2ccccc2-c2c1ccc1c3cc(-c4ccccc4)ccc3n(-c3nc(-c4ccccc4)nc(-c4ccccc4)n3)c21. The molecule has 9 rings (SSSR count). The molecule has 2 aromatic heterocycles. The fourth-order valence-electron chi connectivity index (χ4n) is 7.21. The number of aromatic nitrogens is 4. The number of rotatable bonds is 4. The summed E-state index contributed by atoms with van der Waals surface area (Å²) in [6.45, 7) is 4.65. The number of fused-ring (bicyclic) bond motifs is 7. The molecule has 0 atom stereocenters. The molecule has 0 amide bonds. The fraction of sp³-hybridized carbons (Fsp3) is 0.0714. The maximum Gasteiger partial charge on any atom is 0.238 e. The molecule has 1 aliphatic carbocycles. The van der Waals surface area contributed by atoms with Gasteiger partial charge in [0.05, 0.1) is 11.0 Å². The Labute approximate surface area is 267 Å². The molecule has 0 spiro atoms. The normalized spacial score (nSPS) is 13.2. The highest BCUT2D eigenvalue weighted by Crippen LogP contribution is 2.53. The molecule has 4 heteroatoms. The van der Waals surface area contributed by atoms with Crippen LogP contribution < -0.4 is 0 Å². The van der Waals surface area contributed by atoms with E-state index >= 15 is 0 Å². The maximum absolute atomic E-state index is 5.21. The van der Waals surface area contributed by atoms with Gasteiger partial charge in [0.15, 0.2) is 11.6 Å². The molecule has 2 heterocycles. The van der Waals surface area contributed by atoms with Crippen LogP contribution in [-0.2, 0) is 5.41 Å². The van der Waals surface area contributed by atoms with E-state index in [0.29, 0.717) is 17.6 Å². The first-order valence-corrected chi connectivity index (χ1v) is 15.7. The lowest BCUT2D eigenvalue weighted by molar-refractivity contribution is 0.660. The van der Waals surface area contributed by atoms with E-state index in [0.717, 1.165) is 22.2 Å². The van der Waals surface area contributed by atoms with Crippen molar-refractivity contribution in [2.24, 2.45) is 0 Å². The number of benzene rings is 6. The first kappa shape index (κ1) is 26.5. The van der Waals surface area contributed by atoms with E-state index in [1.54, 1.807) is 0 Å². The minimum absolute atomic E-state index is 0.139. The van der Waals surface area contributed by atoms with E-state index in [1.807, 2.05) is 36.4 Å². The number of hydrogen-bond acceptors (Lipinski definition) is 3. The van der Waals surface area contributed by atoms with E-state index in [2.05, 4.69) is 128 Å². The predicted molar refractivity (Wildman–Crippen MR) is 188 cm³/mol. The zero-order valence-electron chi connectivity index (χ0n) is 25.6. The summed E-state index contributed by atoms with van der Waals surface area (Å²) in [5.41, 5.74) is 11.5. The maximum atomic E-state index is 5.21. The molecular formula is C42H30N4. The van der Waals surface area contributed by atoms with Crippen LogP contribution in [0.25, 0.3) is 72.8 Å². The van der Waals surface area contributed by atoms with Crippen LogP contribution in [0.4, 0.5) is 0 Å². The monoisotopic (exact) mass is 590 g/mol. The van der Waals surface area contributed by atoms with Gasteiger partial charge in [-0.3, -0.25) is 4.57 Å². The standard InChI is InChI=1S/C42H30N4/c1-42(2)34-21-13-12-20-32(34)37-35(42)24-23-31-33-26-30(27-14-6-3-7-15-27)22-25-36(33)46(38(31)37)41-44-39(28-16-8-4-9-17-28)43-40(45-41)29-18-10-5-11-19-29/h3-26H,1-2H3. The third-order valence-electron chi connectivity index (χ3n) is 9.47. The van der Waals surface area contributed by atoms with E-state index < -0.39 is 0 Å². The van der Waals surface area contributed by atoms with Gasteiger partial charge in [0, 0.05) is 32.9 Å². The topological polar surface area (TPSA) is 43.6 Å². The summed E-state index contributed by atoms with van der Waals surface area (Å²) in [7, 11) is 0. The summed E-state index contributed by atoms with van der Waals surface area (Å²) in [5, 5.41) is 2.35. The van der Waals surface area contributed by atoms with Gasteiger partial charge in [-0.1, -0.05) is 147 Å². The average Bonchev–Trinajstić information content (AvgIpc) is 3.57. The van der Waals surface area contributed by atoms with Crippen molar-refractivity contribution in [3.63, 3.8) is 0 Å². The van der Waals surface area contributed by atoms with Crippen molar-refractivity contribution >= 4 is 21.8 Å². The second kappa shape index (κ2) is 10.1. The highest BCUT2D eigenvalue weighted by molar-refractivity contribution is 6.16. The van der Waals surface area contributed by atoms with Crippen molar-refractivity contribution in [2.75, 3.05) is 0 Å². The molecule has 46 heavy (non-hydrogen) atoms. The second-order valence-corrected chi connectivity index (χ2v) is 12.5. The molecule has 0 unspecified atom stereocenters. The number of hydrogen-bond donors (Lipinski definition) is 0. The van der Waals surface area contributed by atoms with Crippen LogP contribution in [-0.4, -0.2) is 19.5 Å². The molecular weight excluding hydrogens is 560 g/mol. The van der Waals surface area contributed by atoms with Gasteiger partial charge in [0.1, 0.15) is 0 Å². The average molecular weight is 591 g/mol. The Morgan fingerprint density at radius 3 is 1.72 bits per heavy atom. The summed E-state index contributed by atoms with van der Waals surface area (Å²) in [5.74, 6) is 1.90. The Morgan fingerprint density at radius 1 is 0.478 bits per heavy atom. The Bertz CT molecular complexity index is 2370. The lowest BCUT2D eigenvalue weighted by Crippen LogP contribution is -2.14.